The van der Waals surface area contributed by atoms with Crippen molar-refractivity contribution >= 4 is 5.91 Å². The van der Waals surface area contributed by atoms with Crippen LogP contribution in [0.5, 0.6) is 0 Å². The van der Waals surface area contributed by atoms with E-state index in [0.717, 1.165) is 19.4 Å². The highest BCUT2D eigenvalue weighted by Crippen LogP contribution is 2.26. The van der Waals surface area contributed by atoms with Crippen molar-refractivity contribution in [1.29, 1.82) is 0 Å². The minimum atomic E-state index is -0.204. The molecule has 0 bridgehead atoms. The van der Waals surface area contributed by atoms with Crippen molar-refractivity contribution in [2.45, 2.75) is 32.9 Å². The molecule has 156 valence electrons. The van der Waals surface area contributed by atoms with Crippen molar-refractivity contribution in [2.24, 2.45) is 0 Å². The van der Waals surface area contributed by atoms with Gasteiger partial charge in [0.1, 0.15) is 5.69 Å². The first kappa shape index (κ1) is 19.3. The molecule has 5 rings (SSSR count). The quantitative estimate of drug-likeness (QED) is 0.513. The number of para-hydroxylation sites is 1. The maximum absolute atomic E-state index is 13.6. The molecule has 0 fully saturated rings. The van der Waals surface area contributed by atoms with Gasteiger partial charge in [-0.05, 0) is 36.1 Å². The minimum absolute atomic E-state index is 0.0809. The van der Waals surface area contributed by atoms with Crippen LogP contribution < -0.4 is 5.56 Å². The maximum Gasteiger partial charge on any atom is 0.282 e. The predicted octanol–water partition coefficient (Wildman–Crippen LogP) is 3.75. The molecule has 0 spiro atoms. The van der Waals surface area contributed by atoms with Gasteiger partial charge in [-0.2, -0.15) is 9.78 Å². The van der Waals surface area contributed by atoms with Gasteiger partial charge < -0.3 is 9.47 Å². The molecule has 0 N–H and O–H groups in total. The zero-order valence-corrected chi connectivity index (χ0v) is 17.5. The number of carbonyl (C=O) groups is 1. The Morgan fingerprint density at radius 1 is 1.00 bits per heavy atom. The van der Waals surface area contributed by atoms with Gasteiger partial charge in [0.2, 0.25) is 0 Å². The molecule has 1 amide bonds. The summed E-state index contributed by atoms with van der Waals surface area (Å²) in [6, 6.07) is 17.6. The first-order chi connectivity index (χ1) is 15.2. The van der Waals surface area contributed by atoms with E-state index >= 15 is 0 Å². The Morgan fingerprint density at radius 3 is 2.52 bits per heavy atom. The Labute approximate surface area is 180 Å². The molecule has 0 aromatic heterocycles. The molecule has 3 aliphatic rings. The van der Waals surface area contributed by atoms with E-state index in [1.807, 2.05) is 64.3 Å². The van der Waals surface area contributed by atoms with Gasteiger partial charge in [-0.3, -0.25) is 9.59 Å². The highest BCUT2D eigenvalue weighted by Gasteiger charge is 2.28. The van der Waals surface area contributed by atoms with Gasteiger partial charge in [0.25, 0.3) is 11.5 Å². The fraction of sp³-hybridized carbons (Fsp3) is 0.240. The van der Waals surface area contributed by atoms with Crippen LogP contribution in [0, 0.1) is 0 Å². The average Bonchev–Trinajstić information content (AvgIpc) is 3.15. The Morgan fingerprint density at radius 2 is 1.74 bits per heavy atom. The van der Waals surface area contributed by atoms with Crippen molar-refractivity contribution in [3.8, 4) is 16.9 Å². The number of aromatic nitrogens is 3. The van der Waals surface area contributed by atoms with Gasteiger partial charge in [-0.1, -0.05) is 49.4 Å². The zero-order chi connectivity index (χ0) is 21.4. The number of hydrogen-bond acceptors (Lipinski definition) is 3. The molecule has 0 radical (unpaired) electrons. The lowest BCUT2D eigenvalue weighted by Crippen LogP contribution is -2.36. The number of amides is 1. The molecule has 31 heavy (non-hydrogen) atoms. The van der Waals surface area contributed by atoms with E-state index < -0.39 is 0 Å². The summed E-state index contributed by atoms with van der Waals surface area (Å²) in [4.78, 5) is 28.6. The number of hydrogen-bond donors (Lipinski definition) is 0. The van der Waals surface area contributed by atoms with Crippen LogP contribution in [0.15, 0.2) is 71.8 Å². The third kappa shape index (κ3) is 3.44. The molecule has 0 unspecified atom stereocenters. The molecule has 2 aromatic rings. The SMILES string of the molecule is CCCn1cc(C(=O)N2CCc3ccccc3C2)c2nn(-c3ccccc3)c(=O)c-2c1. The van der Waals surface area contributed by atoms with Crippen molar-refractivity contribution in [2.75, 3.05) is 6.54 Å². The van der Waals surface area contributed by atoms with Crippen molar-refractivity contribution < 1.29 is 4.79 Å². The van der Waals surface area contributed by atoms with E-state index in [9.17, 15) is 9.59 Å². The van der Waals surface area contributed by atoms with E-state index in [0.29, 0.717) is 35.6 Å². The highest BCUT2D eigenvalue weighted by molar-refractivity contribution is 6.00. The van der Waals surface area contributed by atoms with Gasteiger partial charge in [-0.15, -0.1) is 0 Å². The lowest BCUT2D eigenvalue weighted by Gasteiger charge is -2.29. The van der Waals surface area contributed by atoms with Crippen molar-refractivity contribution in [1.82, 2.24) is 19.2 Å². The molecule has 0 atom stereocenters. The number of benzene rings is 2. The van der Waals surface area contributed by atoms with Gasteiger partial charge >= 0.3 is 0 Å². The monoisotopic (exact) mass is 412 g/mol. The average molecular weight is 412 g/mol. The summed E-state index contributed by atoms with van der Waals surface area (Å²) in [5.41, 5.74) is 4.37. The standard InChI is InChI=1S/C25H24N4O2/c1-2-13-27-16-21(24(30)28-14-12-18-8-6-7-9-19(18)15-28)23-22(17-27)25(31)29(26-23)20-10-4-3-5-11-20/h3-11,16-17H,2,12-15H2,1H3. The van der Waals surface area contributed by atoms with E-state index in [1.54, 1.807) is 0 Å². The molecule has 0 aliphatic carbocycles. The second kappa shape index (κ2) is 7.87. The molecule has 6 nitrogen and oxygen atoms in total. The number of rotatable bonds is 4. The number of fused-ring (bicyclic) bond motifs is 2. The van der Waals surface area contributed by atoms with Gasteiger partial charge in [-0.25, -0.2) is 0 Å². The third-order valence-electron chi connectivity index (χ3n) is 5.85. The van der Waals surface area contributed by atoms with Crippen LogP contribution in [-0.2, 0) is 19.5 Å². The van der Waals surface area contributed by atoms with E-state index in [4.69, 9.17) is 0 Å². The number of aryl methyl sites for hydroxylation is 1. The third-order valence-corrected chi connectivity index (χ3v) is 5.85. The van der Waals surface area contributed by atoms with Crippen LogP contribution in [0.1, 0.15) is 34.8 Å². The zero-order valence-electron chi connectivity index (χ0n) is 17.5. The molecular weight excluding hydrogens is 388 g/mol. The van der Waals surface area contributed by atoms with Crippen LogP contribution in [0.3, 0.4) is 0 Å². The van der Waals surface area contributed by atoms with Crippen molar-refractivity contribution in [3.05, 3.63) is 94.0 Å². The fourth-order valence-electron chi connectivity index (χ4n) is 4.29. The summed E-state index contributed by atoms with van der Waals surface area (Å²) in [7, 11) is 0. The molecule has 2 aromatic carbocycles. The Balaban J connectivity index is 1.60. The first-order valence-corrected chi connectivity index (χ1v) is 10.7. The van der Waals surface area contributed by atoms with E-state index in [2.05, 4.69) is 24.2 Å². The molecule has 0 saturated carbocycles. The lowest BCUT2D eigenvalue weighted by atomic mass is 9.99. The lowest BCUT2D eigenvalue weighted by molar-refractivity contribution is 0.0734. The van der Waals surface area contributed by atoms with E-state index in [-0.39, 0.29) is 11.5 Å². The predicted molar refractivity (Wildman–Crippen MR) is 120 cm³/mol. The van der Waals surface area contributed by atoms with Crippen LogP contribution in [0.4, 0.5) is 0 Å². The second-order valence-corrected chi connectivity index (χ2v) is 7.97. The van der Waals surface area contributed by atoms with Crippen molar-refractivity contribution in [3.63, 3.8) is 0 Å². The summed E-state index contributed by atoms with van der Waals surface area (Å²) in [5, 5.41) is 4.59. The van der Waals surface area contributed by atoms with Gasteiger partial charge in [0, 0.05) is 32.0 Å². The Hall–Kier alpha value is -3.67. The number of pyridine rings is 1. The summed E-state index contributed by atoms with van der Waals surface area (Å²) in [6.07, 6.45) is 5.40. The van der Waals surface area contributed by atoms with Crippen LogP contribution in [0.25, 0.3) is 16.9 Å². The molecule has 6 heteroatoms. The smallest absolute Gasteiger partial charge is 0.282 e. The summed E-state index contributed by atoms with van der Waals surface area (Å²) >= 11 is 0. The van der Waals surface area contributed by atoms with Crippen LogP contribution in [0.2, 0.25) is 0 Å². The molecule has 3 aliphatic heterocycles. The molecule has 0 saturated heterocycles. The minimum Gasteiger partial charge on any atom is -0.353 e. The Bertz CT molecular complexity index is 1270. The first-order valence-electron chi connectivity index (χ1n) is 10.7. The van der Waals surface area contributed by atoms with Gasteiger partial charge in [0.15, 0.2) is 0 Å². The van der Waals surface area contributed by atoms with Gasteiger partial charge in [0.05, 0.1) is 16.8 Å². The summed E-state index contributed by atoms with van der Waals surface area (Å²) < 4.78 is 3.33. The normalized spacial score (nSPS) is 13.4. The molecular formula is C25H24N4O2. The Kier molecular flexibility index (Phi) is 4.90. The van der Waals surface area contributed by atoms with Crippen LogP contribution >= 0.6 is 0 Å². The highest BCUT2D eigenvalue weighted by atomic mass is 16.2. The second-order valence-electron chi connectivity index (χ2n) is 7.97. The maximum atomic E-state index is 13.6. The van der Waals surface area contributed by atoms with E-state index in [1.165, 1.54) is 15.8 Å². The fourth-order valence-corrected chi connectivity index (χ4v) is 4.29. The number of nitrogens with zero attached hydrogens (tertiary/aromatic N) is 4. The topological polar surface area (TPSA) is 60.1 Å². The number of carbonyl (C=O) groups excluding carboxylic acids is 1. The molecule has 3 heterocycles. The van der Waals surface area contributed by atoms with Crippen LogP contribution in [-0.4, -0.2) is 31.7 Å². The summed E-state index contributed by atoms with van der Waals surface area (Å²) in [6.45, 7) is 4.03. The summed E-state index contributed by atoms with van der Waals surface area (Å²) in [5.74, 6) is -0.0809. The largest absolute Gasteiger partial charge is 0.353 e.